The van der Waals surface area contributed by atoms with Crippen LogP contribution >= 0.6 is 0 Å². The number of halogens is 8. The first-order chi connectivity index (χ1) is 13.0. The molecule has 1 aliphatic carbocycles. The highest BCUT2D eigenvalue weighted by molar-refractivity contribution is 5.89. The summed E-state index contributed by atoms with van der Waals surface area (Å²) in [6, 6.07) is 0. The monoisotopic (exact) mass is 440 g/mol. The SMILES string of the molecule is C=C(C(=O)OC1(C(C)C)COC(OC2CCCC2)(C(F)(F)F)C1(F)F)C(F)(F)F. The molecule has 2 fully saturated rings. The summed E-state index contributed by atoms with van der Waals surface area (Å²) in [5.74, 6) is -13.4. The van der Waals surface area contributed by atoms with Crippen LogP contribution in [-0.4, -0.2) is 48.3 Å². The molecule has 168 valence electrons. The molecule has 2 atom stereocenters. The second kappa shape index (κ2) is 7.36. The van der Waals surface area contributed by atoms with Gasteiger partial charge in [-0.25, -0.2) is 4.79 Å². The minimum Gasteiger partial charge on any atom is -0.446 e. The molecule has 1 saturated heterocycles. The molecule has 2 aliphatic rings. The van der Waals surface area contributed by atoms with Gasteiger partial charge in [-0.2, -0.15) is 35.1 Å². The van der Waals surface area contributed by atoms with E-state index in [1.54, 1.807) is 0 Å². The van der Waals surface area contributed by atoms with Crippen LogP contribution < -0.4 is 0 Å². The average Bonchev–Trinajstić information content (AvgIpc) is 3.13. The molecule has 2 unspecified atom stereocenters. The van der Waals surface area contributed by atoms with Crippen LogP contribution in [0.3, 0.4) is 0 Å². The second-order valence-corrected chi connectivity index (χ2v) is 7.41. The zero-order chi connectivity index (χ0) is 22.5. The van der Waals surface area contributed by atoms with Crippen molar-refractivity contribution in [1.82, 2.24) is 0 Å². The van der Waals surface area contributed by atoms with Crippen molar-refractivity contribution in [3.05, 3.63) is 12.2 Å². The molecule has 0 aromatic heterocycles. The van der Waals surface area contributed by atoms with Gasteiger partial charge in [0.05, 0.1) is 12.7 Å². The van der Waals surface area contributed by atoms with E-state index < -0.39 is 59.8 Å². The lowest BCUT2D eigenvalue weighted by Gasteiger charge is -2.42. The predicted molar refractivity (Wildman–Crippen MR) is 81.9 cm³/mol. The van der Waals surface area contributed by atoms with E-state index in [1.165, 1.54) is 0 Å². The molecule has 0 N–H and O–H groups in total. The quantitative estimate of drug-likeness (QED) is 0.346. The Labute approximate surface area is 161 Å². The Hall–Kier alpha value is -1.43. The lowest BCUT2D eigenvalue weighted by Crippen LogP contribution is -2.67. The smallest absolute Gasteiger partial charge is 0.446 e. The van der Waals surface area contributed by atoms with Crippen molar-refractivity contribution in [2.75, 3.05) is 6.61 Å². The Kier molecular flexibility index (Phi) is 6.06. The molecule has 0 aromatic rings. The second-order valence-electron chi connectivity index (χ2n) is 7.41. The highest BCUT2D eigenvalue weighted by Gasteiger charge is 2.86. The molecule has 12 heteroatoms. The Balaban J connectivity index is 2.49. The highest BCUT2D eigenvalue weighted by Crippen LogP contribution is 2.59. The van der Waals surface area contributed by atoms with E-state index in [-0.39, 0.29) is 12.8 Å². The largest absolute Gasteiger partial charge is 0.450 e. The van der Waals surface area contributed by atoms with Crippen LogP contribution in [0.4, 0.5) is 35.1 Å². The number of esters is 1. The van der Waals surface area contributed by atoms with Gasteiger partial charge in [0.1, 0.15) is 5.57 Å². The molecule has 0 bridgehead atoms. The van der Waals surface area contributed by atoms with Crippen molar-refractivity contribution >= 4 is 5.97 Å². The summed E-state index contributed by atoms with van der Waals surface area (Å²) in [5, 5.41) is 0. The Bertz CT molecular complexity index is 651. The van der Waals surface area contributed by atoms with Crippen molar-refractivity contribution in [3.63, 3.8) is 0 Å². The van der Waals surface area contributed by atoms with Gasteiger partial charge >= 0.3 is 30.0 Å². The number of hydrogen-bond donors (Lipinski definition) is 0. The molecule has 2 rings (SSSR count). The van der Waals surface area contributed by atoms with E-state index >= 15 is 8.78 Å². The van der Waals surface area contributed by atoms with E-state index in [2.05, 4.69) is 16.1 Å². The minimum absolute atomic E-state index is 0.0800. The summed E-state index contributed by atoms with van der Waals surface area (Å²) in [6.45, 7) is 2.87. The van der Waals surface area contributed by atoms with E-state index in [1.807, 2.05) is 0 Å². The summed E-state index contributed by atoms with van der Waals surface area (Å²) < 4.78 is 124. The highest BCUT2D eigenvalue weighted by atomic mass is 19.4. The minimum atomic E-state index is -5.76. The van der Waals surface area contributed by atoms with Crippen LogP contribution in [0.5, 0.6) is 0 Å². The number of rotatable bonds is 5. The number of ether oxygens (including phenoxy) is 3. The van der Waals surface area contributed by atoms with E-state index in [0.717, 1.165) is 13.8 Å². The molecule has 0 amide bonds. The average molecular weight is 440 g/mol. The fourth-order valence-electron chi connectivity index (χ4n) is 3.43. The van der Waals surface area contributed by atoms with E-state index in [4.69, 9.17) is 4.74 Å². The van der Waals surface area contributed by atoms with Crippen molar-refractivity contribution in [3.8, 4) is 0 Å². The maximum absolute atomic E-state index is 15.3. The third-order valence-electron chi connectivity index (χ3n) is 5.24. The molecular formula is C17H20F8O4. The molecule has 0 radical (unpaired) electrons. The number of carbonyl (C=O) groups is 1. The number of hydrogen-bond acceptors (Lipinski definition) is 4. The van der Waals surface area contributed by atoms with Crippen LogP contribution in [0.15, 0.2) is 12.2 Å². The lowest BCUT2D eigenvalue weighted by molar-refractivity contribution is -0.433. The van der Waals surface area contributed by atoms with Crippen LogP contribution in [0.1, 0.15) is 39.5 Å². The normalized spacial score (nSPS) is 30.7. The van der Waals surface area contributed by atoms with Crippen LogP contribution in [0.2, 0.25) is 0 Å². The molecule has 1 heterocycles. The van der Waals surface area contributed by atoms with Crippen molar-refractivity contribution in [2.45, 2.75) is 75.3 Å². The zero-order valence-electron chi connectivity index (χ0n) is 15.6. The van der Waals surface area contributed by atoms with Crippen molar-refractivity contribution in [2.24, 2.45) is 5.92 Å². The molecule has 1 saturated carbocycles. The van der Waals surface area contributed by atoms with Crippen LogP contribution in [-0.2, 0) is 19.0 Å². The summed E-state index contributed by atoms with van der Waals surface area (Å²) >= 11 is 0. The van der Waals surface area contributed by atoms with Gasteiger partial charge in [0.15, 0.2) is 0 Å². The first kappa shape index (κ1) is 23.8. The fourth-order valence-corrected chi connectivity index (χ4v) is 3.43. The van der Waals surface area contributed by atoms with Gasteiger partial charge in [0, 0.05) is 5.92 Å². The molecular weight excluding hydrogens is 420 g/mol. The Morgan fingerprint density at radius 1 is 1.10 bits per heavy atom. The Morgan fingerprint density at radius 3 is 2.03 bits per heavy atom. The third-order valence-corrected chi connectivity index (χ3v) is 5.24. The molecule has 1 aliphatic heterocycles. The molecule has 0 spiro atoms. The Morgan fingerprint density at radius 2 is 1.62 bits per heavy atom. The summed E-state index contributed by atoms with van der Waals surface area (Å²) in [7, 11) is 0. The van der Waals surface area contributed by atoms with Gasteiger partial charge < -0.3 is 14.2 Å². The molecule has 29 heavy (non-hydrogen) atoms. The van der Waals surface area contributed by atoms with Crippen LogP contribution in [0.25, 0.3) is 0 Å². The predicted octanol–water partition coefficient (Wildman–Crippen LogP) is 4.93. The van der Waals surface area contributed by atoms with E-state index in [0.29, 0.717) is 12.8 Å². The molecule has 0 aromatic carbocycles. The van der Waals surface area contributed by atoms with Gasteiger partial charge in [-0.05, 0) is 12.8 Å². The van der Waals surface area contributed by atoms with Crippen molar-refractivity contribution < 1.29 is 54.1 Å². The molecule has 4 nitrogen and oxygen atoms in total. The maximum atomic E-state index is 15.3. The van der Waals surface area contributed by atoms with Crippen molar-refractivity contribution in [1.29, 1.82) is 0 Å². The van der Waals surface area contributed by atoms with Crippen LogP contribution in [0, 0.1) is 5.92 Å². The van der Waals surface area contributed by atoms with Gasteiger partial charge in [0.25, 0.3) is 0 Å². The summed E-state index contributed by atoms with van der Waals surface area (Å²) in [4.78, 5) is 11.8. The van der Waals surface area contributed by atoms with Gasteiger partial charge in [-0.1, -0.05) is 33.3 Å². The summed E-state index contributed by atoms with van der Waals surface area (Å²) in [6.07, 6.45) is -11.2. The van der Waals surface area contributed by atoms with E-state index in [9.17, 15) is 31.1 Å². The lowest BCUT2D eigenvalue weighted by atomic mass is 9.82. The first-order valence-corrected chi connectivity index (χ1v) is 8.77. The summed E-state index contributed by atoms with van der Waals surface area (Å²) in [5.41, 5.74) is -5.48. The topological polar surface area (TPSA) is 44.8 Å². The third kappa shape index (κ3) is 3.73. The van der Waals surface area contributed by atoms with Gasteiger partial charge in [0.2, 0.25) is 5.60 Å². The standard InChI is InChI=1S/C17H20F8O4/c1-9(2)13(29-12(26)10(3)14(18,19)20)8-27-16(15(13,21)22,17(23,24)25)28-11-6-4-5-7-11/h9,11H,3-8H2,1-2H3. The van der Waals surface area contributed by atoms with Gasteiger partial charge in [-0.15, -0.1) is 0 Å². The number of alkyl halides is 8. The zero-order valence-corrected chi connectivity index (χ0v) is 15.6. The maximum Gasteiger partial charge on any atom is 0.450 e. The first-order valence-electron chi connectivity index (χ1n) is 8.77. The fraction of sp³-hybridized carbons (Fsp3) is 0.824. The van der Waals surface area contributed by atoms with Gasteiger partial charge in [-0.3, -0.25) is 0 Å². The number of carbonyl (C=O) groups excluding carboxylic acids is 1.